The van der Waals surface area contributed by atoms with E-state index in [9.17, 15) is 13.6 Å². The van der Waals surface area contributed by atoms with Gasteiger partial charge >= 0.3 is 0 Å². The molecule has 1 amide bonds. The Kier molecular flexibility index (Phi) is 5.58. The van der Waals surface area contributed by atoms with Crippen LogP contribution in [-0.2, 0) is 17.6 Å². The fourth-order valence-corrected chi connectivity index (χ4v) is 3.63. The van der Waals surface area contributed by atoms with Gasteiger partial charge in [0.25, 0.3) is 0 Å². The molecule has 2 aromatic carbocycles. The fourth-order valence-electron chi connectivity index (χ4n) is 3.50. The molecule has 3 aromatic rings. The number of hydrogen-bond acceptors (Lipinski definition) is 4. The topological polar surface area (TPSA) is 59.2 Å². The smallest absolute Gasteiger partial charge is 0.227 e. The Morgan fingerprint density at radius 2 is 2.00 bits per heavy atom. The first-order chi connectivity index (χ1) is 14.0. The van der Waals surface area contributed by atoms with Crippen LogP contribution in [0.1, 0.15) is 30.7 Å². The lowest BCUT2D eigenvalue weighted by Crippen LogP contribution is -2.36. The molecule has 29 heavy (non-hydrogen) atoms. The number of carbonyl (C=O) groups excluding carboxylic acids is 1. The van der Waals surface area contributed by atoms with Gasteiger partial charge in [-0.25, -0.2) is 8.78 Å². The quantitative estimate of drug-likeness (QED) is 0.588. The second-order valence-electron chi connectivity index (χ2n) is 6.92. The molecule has 1 aliphatic heterocycles. The first-order valence-corrected chi connectivity index (χ1v) is 9.76. The Morgan fingerprint density at radius 3 is 2.79 bits per heavy atom. The van der Waals surface area contributed by atoms with E-state index in [-0.39, 0.29) is 18.0 Å². The minimum Gasteiger partial charge on any atom is -0.339 e. The Hall–Kier alpha value is -2.80. The van der Waals surface area contributed by atoms with Crippen LogP contribution in [0.4, 0.5) is 14.5 Å². The van der Waals surface area contributed by atoms with Crippen molar-refractivity contribution in [1.82, 2.24) is 10.1 Å². The maximum atomic E-state index is 14.2. The summed E-state index contributed by atoms with van der Waals surface area (Å²) in [5.74, 6) is -0.637. The van der Waals surface area contributed by atoms with Crippen LogP contribution >= 0.6 is 11.6 Å². The molecule has 0 N–H and O–H groups in total. The lowest BCUT2D eigenvalue weighted by atomic mass is 10.0. The number of aromatic nitrogens is 2. The summed E-state index contributed by atoms with van der Waals surface area (Å²) in [7, 11) is 0. The number of nitrogens with zero attached hydrogens (tertiary/aromatic N) is 3. The number of rotatable bonds is 5. The summed E-state index contributed by atoms with van der Waals surface area (Å²) in [6, 6.07) is 9.20. The highest BCUT2D eigenvalue weighted by molar-refractivity contribution is 6.30. The van der Waals surface area contributed by atoms with Gasteiger partial charge in [-0.3, -0.25) is 4.79 Å². The summed E-state index contributed by atoms with van der Waals surface area (Å²) < 4.78 is 32.9. The van der Waals surface area contributed by atoms with E-state index >= 15 is 0 Å². The van der Waals surface area contributed by atoms with Crippen molar-refractivity contribution in [1.29, 1.82) is 0 Å². The van der Waals surface area contributed by atoms with Crippen LogP contribution in [0.2, 0.25) is 5.02 Å². The van der Waals surface area contributed by atoms with E-state index in [1.54, 1.807) is 24.3 Å². The zero-order valence-electron chi connectivity index (χ0n) is 15.5. The second-order valence-corrected chi connectivity index (χ2v) is 7.35. The van der Waals surface area contributed by atoms with Gasteiger partial charge in [-0.15, -0.1) is 0 Å². The van der Waals surface area contributed by atoms with Crippen molar-refractivity contribution in [3.63, 3.8) is 0 Å². The summed E-state index contributed by atoms with van der Waals surface area (Å²) in [5, 5.41) is 4.56. The van der Waals surface area contributed by atoms with Crippen LogP contribution in [0.15, 0.2) is 40.9 Å². The van der Waals surface area contributed by atoms with Crippen LogP contribution < -0.4 is 4.90 Å². The van der Waals surface area contributed by atoms with Gasteiger partial charge in [0.2, 0.25) is 17.6 Å². The molecule has 5 nitrogen and oxygen atoms in total. The summed E-state index contributed by atoms with van der Waals surface area (Å²) in [6.07, 6.45) is 2.35. The third-order valence-electron chi connectivity index (χ3n) is 4.86. The Balaban J connectivity index is 1.37. The molecule has 0 saturated heterocycles. The predicted molar refractivity (Wildman–Crippen MR) is 105 cm³/mol. The zero-order chi connectivity index (χ0) is 20.4. The fraction of sp³-hybridized carbons (Fsp3) is 0.286. The van der Waals surface area contributed by atoms with Crippen LogP contribution in [0.25, 0.3) is 11.4 Å². The SMILES string of the molecule is O=C(CCCc1nc(-c2ccc(Cl)cc2)no1)N1CCCc2cc(F)cc(F)c21. The molecule has 0 unspecified atom stereocenters. The molecule has 150 valence electrons. The maximum Gasteiger partial charge on any atom is 0.227 e. The number of hydrogen-bond donors (Lipinski definition) is 0. The highest BCUT2D eigenvalue weighted by Gasteiger charge is 2.26. The lowest BCUT2D eigenvalue weighted by Gasteiger charge is -2.30. The monoisotopic (exact) mass is 417 g/mol. The molecule has 0 aliphatic carbocycles. The first kappa shape index (κ1) is 19.5. The van der Waals surface area contributed by atoms with E-state index in [1.807, 2.05) is 0 Å². The Morgan fingerprint density at radius 1 is 1.21 bits per heavy atom. The molecule has 1 aliphatic rings. The highest BCUT2D eigenvalue weighted by atomic mass is 35.5. The van der Waals surface area contributed by atoms with Crippen molar-refractivity contribution in [2.45, 2.75) is 32.1 Å². The van der Waals surface area contributed by atoms with Gasteiger partial charge in [-0.05, 0) is 55.2 Å². The molecule has 0 fully saturated rings. The average molecular weight is 418 g/mol. The van der Waals surface area contributed by atoms with Crippen LogP contribution in [0.5, 0.6) is 0 Å². The van der Waals surface area contributed by atoms with Crippen molar-refractivity contribution in [2.24, 2.45) is 0 Å². The van der Waals surface area contributed by atoms with E-state index in [2.05, 4.69) is 10.1 Å². The summed E-state index contributed by atoms with van der Waals surface area (Å²) in [5.41, 5.74) is 1.52. The second kappa shape index (κ2) is 8.29. The molecular weight excluding hydrogens is 400 g/mol. The molecule has 4 rings (SSSR count). The Bertz CT molecular complexity index is 1040. The number of aryl methyl sites for hydroxylation is 2. The number of halogens is 3. The van der Waals surface area contributed by atoms with E-state index < -0.39 is 11.6 Å². The molecule has 8 heteroatoms. The molecule has 0 spiro atoms. The van der Waals surface area contributed by atoms with Gasteiger partial charge in [0, 0.05) is 36.0 Å². The molecular formula is C21H18ClF2N3O2. The van der Waals surface area contributed by atoms with Gasteiger partial charge in [0.05, 0.1) is 5.69 Å². The predicted octanol–water partition coefficient (Wildman–Crippen LogP) is 4.97. The van der Waals surface area contributed by atoms with Gasteiger partial charge in [-0.1, -0.05) is 16.8 Å². The van der Waals surface area contributed by atoms with Crippen molar-refractivity contribution in [3.05, 3.63) is 64.5 Å². The number of fused-ring (bicyclic) bond motifs is 1. The van der Waals surface area contributed by atoms with Gasteiger partial charge in [-0.2, -0.15) is 4.98 Å². The van der Waals surface area contributed by atoms with E-state index in [1.165, 1.54) is 11.0 Å². The molecule has 0 saturated carbocycles. The summed E-state index contributed by atoms with van der Waals surface area (Å²) in [6.45, 7) is 0.426. The van der Waals surface area contributed by atoms with Crippen LogP contribution in [0, 0.1) is 11.6 Å². The zero-order valence-corrected chi connectivity index (χ0v) is 16.3. The molecule has 1 aromatic heterocycles. The molecule has 0 bridgehead atoms. The summed E-state index contributed by atoms with van der Waals surface area (Å²) >= 11 is 5.87. The van der Waals surface area contributed by atoms with Crippen molar-refractivity contribution < 1.29 is 18.1 Å². The van der Waals surface area contributed by atoms with Crippen molar-refractivity contribution in [3.8, 4) is 11.4 Å². The maximum absolute atomic E-state index is 14.2. The number of carbonyl (C=O) groups is 1. The van der Waals surface area contributed by atoms with Crippen molar-refractivity contribution in [2.75, 3.05) is 11.4 Å². The minimum absolute atomic E-state index is 0.200. The number of anilines is 1. The average Bonchev–Trinajstić information content (AvgIpc) is 3.16. The highest BCUT2D eigenvalue weighted by Crippen LogP contribution is 2.31. The van der Waals surface area contributed by atoms with E-state index in [4.69, 9.17) is 16.1 Å². The summed E-state index contributed by atoms with van der Waals surface area (Å²) in [4.78, 5) is 18.4. The molecule has 2 heterocycles. The van der Waals surface area contributed by atoms with Gasteiger partial charge in [0.15, 0.2) is 0 Å². The van der Waals surface area contributed by atoms with E-state index in [0.29, 0.717) is 54.5 Å². The van der Waals surface area contributed by atoms with Crippen molar-refractivity contribution >= 4 is 23.2 Å². The first-order valence-electron chi connectivity index (χ1n) is 9.38. The third-order valence-corrected chi connectivity index (χ3v) is 5.11. The Labute approximate surface area is 171 Å². The van der Waals surface area contributed by atoms with Gasteiger partial charge < -0.3 is 9.42 Å². The minimum atomic E-state index is -0.697. The molecule has 0 atom stereocenters. The third kappa shape index (κ3) is 4.29. The lowest BCUT2D eigenvalue weighted by molar-refractivity contribution is -0.118. The largest absolute Gasteiger partial charge is 0.339 e. The molecule has 0 radical (unpaired) electrons. The van der Waals surface area contributed by atoms with Crippen LogP contribution in [-0.4, -0.2) is 22.6 Å². The number of benzene rings is 2. The standard InChI is InChI=1S/C21H18ClF2N3O2/c22-15-8-6-13(7-9-15)21-25-18(29-26-21)4-1-5-19(28)27-10-2-3-14-11-16(23)12-17(24)20(14)27/h6-9,11-12H,1-5,10H2. The van der Waals surface area contributed by atoms with Gasteiger partial charge in [0.1, 0.15) is 11.6 Å². The number of amides is 1. The normalized spacial score (nSPS) is 13.4. The van der Waals surface area contributed by atoms with Crippen LogP contribution in [0.3, 0.4) is 0 Å². The van der Waals surface area contributed by atoms with E-state index in [0.717, 1.165) is 11.6 Å².